The molecule has 37 heavy (non-hydrogen) atoms. The van der Waals surface area contributed by atoms with Crippen molar-refractivity contribution in [3.05, 3.63) is 72.6 Å². The first-order valence-corrected chi connectivity index (χ1v) is 14.0. The van der Waals surface area contributed by atoms with Crippen LogP contribution in [-0.4, -0.2) is 69.7 Å². The van der Waals surface area contributed by atoms with Gasteiger partial charge in [-0.15, -0.1) is 11.3 Å². The van der Waals surface area contributed by atoms with E-state index in [0.717, 1.165) is 47.2 Å². The van der Waals surface area contributed by atoms with Gasteiger partial charge in [-0.25, -0.2) is 28.4 Å². The molecule has 10 nitrogen and oxygen atoms in total. The highest BCUT2D eigenvalue weighted by Gasteiger charge is 2.18. The van der Waals surface area contributed by atoms with Crippen LogP contribution in [0.3, 0.4) is 0 Å². The largest absolute Gasteiger partial charge is 0.354 e. The van der Waals surface area contributed by atoms with E-state index in [-0.39, 0.29) is 5.88 Å². The van der Waals surface area contributed by atoms with Crippen LogP contribution >= 0.6 is 11.3 Å². The van der Waals surface area contributed by atoms with Gasteiger partial charge in [0.25, 0.3) is 0 Å². The fourth-order valence-corrected chi connectivity index (χ4v) is 5.71. The highest BCUT2D eigenvalue weighted by atomic mass is 32.2. The predicted octanol–water partition coefficient (Wildman–Crippen LogP) is 3.35. The second-order valence-electron chi connectivity index (χ2n) is 8.64. The third-order valence-electron chi connectivity index (χ3n) is 6.25. The van der Waals surface area contributed by atoms with E-state index in [1.165, 1.54) is 4.88 Å². The second kappa shape index (κ2) is 10.2. The molecule has 0 atom stereocenters. The number of imidazole rings is 1. The van der Waals surface area contributed by atoms with Crippen LogP contribution in [0.15, 0.2) is 72.6 Å². The number of nitrogens with one attached hydrogen (secondary N) is 1. The van der Waals surface area contributed by atoms with E-state index in [0.29, 0.717) is 19.0 Å². The third-order valence-corrected chi connectivity index (χ3v) is 7.79. The first-order valence-electron chi connectivity index (χ1n) is 11.8. The van der Waals surface area contributed by atoms with E-state index in [2.05, 4.69) is 48.9 Å². The Hall–Kier alpha value is -3.87. The standard InChI is InChI=1S/C25H24N8O2S2/c34-37(35)17-31-9-11-32(12-10-31)23-6-4-19(14-27-23)29-25-26-8-7-20(30-25)21-15-28-24-5-3-18(16-33(21)24)22-2-1-13-36-22/h1-8,13-16,37H,9-12,17H2,(H,26,29,30). The molecule has 1 aliphatic rings. The molecule has 6 rings (SSSR count). The molecule has 0 saturated carbocycles. The molecule has 5 aromatic heterocycles. The SMILES string of the molecule is O=[SH](=O)CN1CCN(c2ccc(Nc3nccc(-c4cnc5ccc(-c6cccs6)cn45)n3)cn2)CC1. The fourth-order valence-electron chi connectivity index (χ4n) is 4.38. The van der Waals surface area contributed by atoms with Gasteiger partial charge in [0.05, 0.1) is 35.3 Å². The number of nitrogens with zero attached hydrogens (tertiary/aromatic N) is 7. The molecule has 188 valence electrons. The minimum Gasteiger partial charge on any atom is -0.354 e. The molecule has 1 saturated heterocycles. The molecule has 0 aromatic carbocycles. The molecule has 0 aliphatic carbocycles. The Labute approximate surface area is 219 Å². The van der Waals surface area contributed by atoms with Crippen LogP contribution < -0.4 is 10.2 Å². The Balaban J connectivity index is 1.17. The number of hydrogen-bond acceptors (Lipinski definition) is 10. The third kappa shape index (κ3) is 5.17. The summed E-state index contributed by atoms with van der Waals surface area (Å²) < 4.78 is 24.0. The summed E-state index contributed by atoms with van der Waals surface area (Å²) in [5, 5.41) is 5.31. The van der Waals surface area contributed by atoms with Crippen LogP contribution in [0.25, 0.3) is 27.5 Å². The maximum atomic E-state index is 11.0. The maximum absolute atomic E-state index is 11.0. The molecule has 5 aromatic rings. The van der Waals surface area contributed by atoms with Crippen LogP contribution in [0, 0.1) is 0 Å². The quantitative estimate of drug-likeness (QED) is 0.305. The first-order chi connectivity index (χ1) is 18.1. The lowest BCUT2D eigenvalue weighted by Crippen LogP contribution is -2.47. The molecular formula is C25H24N8O2S2. The summed E-state index contributed by atoms with van der Waals surface area (Å²) in [5.74, 6) is 1.44. The van der Waals surface area contributed by atoms with Crippen molar-refractivity contribution in [2.75, 3.05) is 42.3 Å². The van der Waals surface area contributed by atoms with Gasteiger partial charge < -0.3 is 10.2 Å². The van der Waals surface area contributed by atoms with Gasteiger partial charge >= 0.3 is 0 Å². The summed E-state index contributed by atoms with van der Waals surface area (Å²) in [6, 6.07) is 14.0. The monoisotopic (exact) mass is 532 g/mol. The van der Waals surface area contributed by atoms with E-state index >= 15 is 0 Å². The Morgan fingerprint density at radius 3 is 2.59 bits per heavy atom. The van der Waals surface area contributed by atoms with E-state index in [1.54, 1.807) is 23.7 Å². The van der Waals surface area contributed by atoms with Crippen molar-refractivity contribution in [1.82, 2.24) is 29.2 Å². The van der Waals surface area contributed by atoms with Crippen molar-refractivity contribution in [1.29, 1.82) is 0 Å². The number of aromatic nitrogens is 5. The van der Waals surface area contributed by atoms with Crippen LogP contribution in [0.1, 0.15) is 0 Å². The molecule has 1 fully saturated rings. The Kier molecular flexibility index (Phi) is 6.51. The number of thiophene rings is 1. The summed E-state index contributed by atoms with van der Waals surface area (Å²) in [4.78, 5) is 23.5. The van der Waals surface area contributed by atoms with Crippen molar-refractivity contribution in [3.63, 3.8) is 0 Å². The average Bonchev–Trinajstić information content (AvgIpc) is 3.60. The van der Waals surface area contributed by atoms with Gasteiger partial charge in [0, 0.05) is 49.0 Å². The number of hydrogen-bond donors (Lipinski definition) is 2. The Bertz CT molecular complexity index is 1580. The maximum Gasteiger partial charge on any atom is 0.227 e. The smallest absolute Gasteiger partial charge is 0.227 e. The topological polar surface area (TPSA) is 109 Å². The average molecular weight is 533 g/mol. The molecule has 1 aliphatic heterocycles. The number of thiol groups is 1. The number of pyridine rings is 2. The van der Waals surface area contributed by atoms with Crippen molar-refractivity contribution < 1.29 is 8.42 Å². The van der Waals surface area contributed by atoms with Gasteiger partial charge in [0.15, 0.2) is 10.7 Å². The lowest BCUT2D eigenvalue weighted by molar-refractivity contribution is 0.295. The highest BCUT2D eigenvalue weighted by Crippen LogP contribution is 2.28. The molecular weight excluding hydrogens is 508 g/mol. The molecule has 6 heterocycles. The second-order valence-corrected chi connectivity index (χ2v) is 10.5. The van der Waals surface area contributed by atoms with E-state index in [4.69, 9.17) is 4.98 Å². The summed E-state index contributed by atoms with van der Waals surface area (Å²) >= 11 is 1.70. The zero-order chi connectivity index (χ0) is 25.2. The van der Waals surface area contributed by atoms with Gasteiger partial charge in [-0.05, 0) is 41.8 Å². The summed E-state index contributed by atoms with van der Waals surface area (Å²) in [5.41, 5.74) is 4.40. The Morgan fingerprint density at radius 2 is 1.84 bits per heavy atom. The lowest BCUT2D eigenvalue weighted by atomic mass is 10.2. The van der Waals surface area contributed by atoms with Crippen molar-refractivity contribution in [3.8, 4) is 21.8 Å². The van der Waals surface area contributed by atoms with E-state index in [9.17, 15) is 8.42 Å². The fraction of sp³-hybridized carbons (Fsp3) is 0.200. The summed E-state index contributed by atoms with van der Waals surface area (Å²) in [7, 11) is -2.39. The number of piperazine rings is 1. The van der Waals surface area contributed by atoms with E-state index in [1.807, 2.05) is 45.8 Å². The zero-order valence-corrected chi connectivity index (χ0v) is 21.5. The summed E-state index contributed by atoms with van der Waals surface area (Å²) in [6.45, 7) is 2.87. The normalized spacial score (nSPS) is 14.5. The molecule has 12 heteroatoms. The number of anilines is 3. The van der Waals surface area contributed by atoms with Gasteiger partial charge in [-0.1, -0.05) is 6.07 Å². The zero-order valence-electron chi connectivity index (χ0n) is 19.8. The van der Waals surface area contributed by atoms with Crippen molar-refractivity contribution in [2.24, 2.45) is 0 Å². The van der Waals surface area contributed by atoms with Gasteiger partial charge in [-0.3, -0.25) is 9.30 Å². The molecule has 0 bridgehead atoms. The predicted molar refractivity (Wildman–Crippen MR) is 146 cm³/mol. The molecule has 0 spiro atoms. The van der Waals surface area contributed by atoms with Crippen LogP contribution in [0.4, 0.5) is 17.5 Å². The van der Waals surface area contributed by atoms with Gasteiger partial charge in [0.2, 0.25) is 5.95 Å². The molecule has 1 N–H and O–H groups in total. The molecule has 0 radical (unpaired) electrons. The molecule has 0 unspecified atom stereocenters. The van der Waals surface area contributed by atoms with E-state index < -0.39 is 10.7 Å². The first kappa shape index (κ1) is 23.5. The Morgan fingerprint density at radius 1 is 0.946 bits per heavy atom. The van der Waals surface area contributed by atoms with Crippen molar-refractivity contribution >= 4 is 45.1 Å². The van der Waals surface area contributed by atoms with Gasteiger partial charge in [-0.2, -0.15) is 0 Å². The van der Waals surface area contributed by atoms with Crippen LogP contribution in [0.2, 0.25) is 0 Å². The number of fused-ring (bicyclic) bond motifs is 1. The summed E-state index contributed by atoms with van der Waals surface area (Å²) in [6.07, 6.45) is 7.39. The molecule has 0 amide bonds. The number of rotatable bonds is 7. The van der Waals surface area contributed by atoms with Crippen LogP contribution in [-0.2, 0) is 10.7 Å². The van der Waals surface area contributed by atoms with Crippen molar-refractivity contribution in [2.45, 2.75) is 0 Å². The van der Waals surface area contributed by atoms with Crippen LogP contribution in [0.5, 0.6) is 0 Å². The minimum atomic E-state index is -2.39. The minimum absolute atomic E-state index is 0.114. The van der Waals surface area contributed by atoms with Gasteiger partial charge in [0.1, 0.15) is 11.5 Å². The lowest BCUT2D eigenvalue weighted by Gasteiger charge is -2.34. The highest BCUT2D eigenvalue weighted by molar-refractivity contribution is 7.72.